The highest BCUT2D eigenvalue weighted by molar-refractivity contribution is 4.75. The summed E-state index contributed by atoms with van der Waals surface area (Å²) >= 11 is 0. The monoisotopic (exact) mass is 269 g/mol. The van der Waals surface area contributed by atoms with Gasteiger partial charge >= 0.3 is 0 Å². The third kappa shape index (κ3) is 8.61. The van der Waals surface area contributed by atoms with E-state index in [1.807, 2.05) is 0 Å². The number of hydrogen-bond donors (Lipinski definition) is 1. The van der Waals surface area contributed by atoms with Crippen LogP contribution in [0, 0.1) is 5.92 Å². The van der Waals surface area contributed by atoms with Crippen molar-refractivity contribution in [1.29, 1.82) is 0 Å². The number of nitrogens with one attached hydrogen (secondary N) is 1. The molecule has 1 aliphatic heterocycles. The second-order valence-electron chi connectivity index (χ2n) is 7.42. The van der Waals surface area contributed by atoms with E-state index in [9.17, 15) is 0 Å². The molecule has 1 rings (SSSR count). The van der Waals surface area contributed by atoms with Gasteiger partial charge in [-0.2, -0.15) is 0 Å². The summed E-state index contributed by atoms with van der Waals surface area (Å²) in [7, 11) is 4.52. The molecule has 1 N–H and O–H groups in total. The topological polar surface area (TPSA) is 18.5 Å². The number of unbranched alkanes of at least 4 members (excludes halogenated alkanes) is 2. The van der Waals surface area contributed by atoms with E-state index in [1.165, 1.54) is 51.9 Å². The molecule has 1 heterocycles. The van der Waals surface area contributed by atoms with Gasteiger partial charge in [-0.05, 0) is 79.7 Å². The van der Waals surface area contributed by atoms with Crippen LogP contribution in [0.15, 0.2) is 0 Å². The molecule has 0 aliphatic carbocycles. The largest absolute Gasteiger partial charge is 0.312 e. The van der Waals surface area contributed by atoms with Gasteiger partial charge in [-0.15, -0.1) is 0 Å². The van der Waals surface area contributed by atoms with Gasteiger partial charge in [-0.25, -0.2) is 0 Å². The molecule has 1 atom stereocenters. The number of likely N-dealkylation sites (tertiary alicyclic amines) is 1. The Bertz CT molecular complexity index is 235. The van der Waals surface area contributed by atoms with E-state index in [0.29, 0.717) is 0 Å². The van der Waals surface area contributed by atoms with Crippen LogP contribution in [0.25, 0.3) is 0 Å². The molecule has 1 fully saturated rings. The van der Waals surface area contributed by atoms with Crippen molar-refractivity contribution >= 4 is 0 Å². The predicted molar refractivity (Wildman–Crippen MR) is 84.7 cm³/mol. The zero-order valence-corrected chi connectivity index (χ0v) is 13.8. The Morgan fingerprint density at radius 3 is 2.53 bits per heavy atom. The summed E-state index contributed by atoms with van der Waals surface area (Å²) in [6.07, 6.45) is 5.37. The lowest BCUT2D eigenvalue weighted by Gasteiger charge is -2.22. The van der Waals surface area contributed by atoms with Crippen molar-refractivity contribution < 1.29 is 0 Å². The van der Waals surface area contributed by atoms with E-state index in [1.54, 1.807) is 0 Å². The fourth-order valence-electron chi connectivity index (χ4n) is 2.85. The molecule has 3 nitrogen and oxygen atoms in total. The Kier molecular flexibility index (Phi) is 7.33. The lowest BCUT2D eigenvalue weighted by Crippen LogP contribution is -2.36. The van der Waals surface area contributed by atoms with E-state index in [2.05, 4.69) is 50.0 Å². The van der Waals surface area contributed by atoms with Gasteiger partial charge in [0.25, 0.3) is 0 Å². The lowest BCUT2D eigenvalue weighted by molar-refractivity contribution is 0.268. The molecule has 19 heavy (non-hydrogen) atoms. The summed E-state index contributed by atoms with van der Waals surface area (Å²) in [6.45, 7) is 13.0. The summed E-state index contributed by atoms with van der Waals surface area (Å²) in [4.78, 5) is 4.98. The van der Waals surface area contributed by atoms with Crippen LogP contribution in [0.2, 0.25) is 0 Å². The maximum atomic E-state index is 3.55. The highest BCUT2D eigenvalue weighted by Crippen LogP contribution is 2.15. The third-order valence-electron chi connectivity index (χ3n) is 3.93. The summed E-state index contributed by atoms with van der Waals surface area (Å²) in [6, 6.07) is 0. The summed E-state index contributed by atoms with van der Waals surface area (Å²) in [5.41, 5.74) is 0.269. The molecule has 0 radical (unpaired) electrons. The first kappa shape index (κ1) is 16.9. The summed E-state index contributed by atoms with van der Waals surface area (Å²) in [5, 5.41) is 3.55. The van der Waals surface area contributed by atoms with Crippen molar-refractivity contribution in [3.8, 4) is 0 Å². The van der Waals surface area contributed by atoms with Crippen molar-refractivity contribution in [2.24, 2.45) is 5.92 Å². The van der Waals surface area contributed by atoms with E-state index in [4.69, 9.17) is 0 Å². The molecule has 0 aromatic heterocycles. The van der Waals surface area contributed by atoms with Crippen LogP contribution in [0.3, 0.4) is 0 Å². The normalized spacial score (nSPS) is 21.5. The molecule has 0 spiro atoms. The molecule has 3 heteroatoms. The van der Waals surface area contributed by atoms with Crippen molar-refractivity contribution in [3.05, 3.63) is 0 Å². The predicted octanol–water partition coefficient (Wildman–Crippen LogP) is 2.43. The van der Waals surface area contributed by atoms with Gasteiger partial charge in [0.15, 0.2) is 0 Å². The van der Waals surface area contributed by atoms with Gasteiger partial charge in [-0.3, -0.25) is 0 Å². The van der Waals surface area contributed by atoms with E-state index >= 15 is 0 Å². The fourth-order valence-corrected chi connectivity index (χ4v) is 2.85. The van der Waals surface area contributed by atoms with Crippen LogP contribution in [0.5, 0.6) is 0 Å². The van der Waals surface area contributed by atoms with Crippen LogP contribution in [0.1, 0.15) is 46.5 Å². The minimum atomic E-state index is 0.269. The highest BCUT2D eigenvalue weighted by Gasteiger charge is 2.20. The van der Waals surface area contributed by atoms with E-state index < -0.39 is 0 Å². The molecule has 1 saturated heterocycles. The quantitative estimate of drug-likeness (QED) is 0.683. The first-order valence-corrected chi connectivity index (χ1v) is 7.99. The number of hydrogen-bond acceptors (Lipinski definition) is 3. The summed E-state index contributed by atoms with van der Waals surface area (Å²) < 4.78 is 0. The highest BCUT2D eigenvalue weighted by atomic mass is 15.1. The lowest BCUT2D eigenvalue weighted by atomic mass is 10.1. The first-order chi connectivity index (χ1) is 8.87. The molecule has 0 bridgehead atoms. The van der Waals surface area contributed by atoms with Gasteiger partial charge in [0.2, 0.25) is 0 Å². The second-order valence-corrected chi connectivity index (χ2v) is 7.42. The zero-order chi connectivity index (χ0) is 14.3. The minimum absolute atomic E-state index is 0.269. The van der Waals surface area contributed by atoms with Crippen LogP contribution in [-0.4, -0.2) is 62.2 Å². The smallest absolute Gasteiger partial charge is 0.00965 e. The Labute approximate surface area is 120 Å². The van der Waals surface area contributed by atoms with Crippen LogP contribution < -0.4 is 5.32 Å². The Morgan fingerprint density at radius 2 is 1.95 bits per heavy atom. The maximum Gasteiger partial charge on any atom is 0.00965 e. The fraction of sp³-hybridized carbons (Fsp3) is 1.00. The SMILES string of the molecule is CN(CCCCCNC(C)(C)C)CC1CCN(C)C1. The summed E-state index contributed by atoms with van der Waals surface area (Å²) in [5.74, 6) is 0.901. The molecule has 1 aliphatic rings. The Balaban J connectivity index is 1.94. The molecule has 1 unspecified atom stereocenters. The van der Waals surface area contributed by atoms with Crippen LogP contribution >= 0.6 is 0 Å². The van der Waals surface area contributed by atoms with Gasteiger partial charge in [0.05, 0.1) is 0 Å². The molecule has 0 saturated carbocycles. The average Bonchev–Trinajstić information content (AvgIpc) is 2.67. The molecule has 114 valence electrons. The molecule has 0 amide bonds. The van der Waals surface area contributed by atoms with Gasteiger partial charge in [-0.1, -0.05) is 6.42 Å². The molecular formula is C16H35N3. The van der Waals surface area contributed by atoms with Crippen LogP contribution in [-0.2, 0) is 0 Å². The molecule has 0 aromatic rings. The Hall–Kier alpha value is -0.120. The van der Waals surface area contributed by atoms with E-state index in [0.717, 1.165) is 12.5 Å². The van der Waals surface area contributed by atoms with Crippen molar-refractivity contribution in [3.63, 3.8) is 0 Å². The van der Waals surface area contributed by atoms with Gasteiger partial charge < -0.3 is 15.1 Å². The Morgan fingerprint density at radius 1 is 1.21 bits per heavy atom. The zero-order valence-electron chi connectivity index (χ0n) is 13.8. The van der Waals surface area contributed by atoms with Crippen molar-refractivity contribution in [1.82, 2.24) is 15.1 Å². The maximum absolute atomic E-state index is 3.55. The third-order valence-corrected chi connectivity index (χ3v) is 3.93. The molecular weight excluding hydrogens is 234 g/mol. The number of nitrogens with zero attached hydrogens (tertiary/aromatic N) is 2. The van der Waals surface area contributed by atoms with Crippen LogP contribution in [0.4, 0.5) is 0 Å². The first-order valence-electron chi connectivity index (χ1n) is 7.99. The van der Waals surface area contributed by atoms with Gasteiger partial charge in [0, 0.05) is 18.6 Å². The minimum Gasteiger partial charge on any atom is -0.312 e. The van der Waals surface area contributed by atoms with Crippen molar-refractivity contribution in [2.45, 2.75) is 52.0 Å². The molecule has 0 aromatic carbocycles. The van der Waals surface area contributed by atoms with Crippen molar-refractivity contribution in [2.75, 3.05) is 46.8 Å². The average molecular weight is 269 g/mol. The number of rotatable bonds is 8. The second kappa shape index (κ2) is 8.23. The van der Waals surface area contributed by atoms with Gasteiger partial charge in [0.1, 0.15) is 0 Å². The standard InChI is InChI=1S/C16H35N3/c1-16(2,3)17-10-7-6-8-11-18(4)13-15-9-12-19(5)14-15/h15,17H,6-14H2,1-5H3. The van der Waals surface area contributed by atoms with E-state index in [-0.39, 0.29) is 5.54 Å².